The lowest BCUT2D eigenvalue weighted by molar-refractivity contribution is 0.433. The molecule has 0 amide bonds. The molecule has 0 saturated heterocycles. The van der Waals surface area contributed by atoms with Gasteiger partial charge in [-0.3, -0.25) is 0 Å². The summed E-state index contributed by atoms with van der Waals surface area (Å²) >= 11 is 0. The Morgan fingerprint density at radius 2 is 2.00 bits per heavy atom. The van der Waals surface area contributed by atoms with E-state index in [1.165, 1.54) is 0 Å². The molecule has 1 aromatic rings. The van der Waals surface area contributed by atoms with Gasteiger partial charge in [-0.05, 0) is 12.3 Å². The van der Waals surface area contributed by atoms with Crippen LogP contribution in [0, 0.1) is 17.2 Å². The van der Waals surface area contributed by atoms with Crippen molar-refractivity contribution in [1.29, 1.82) is 5.26 Å². The molecule has 0 aliphatic heterocycles. The van der Waals surface area contributed by atoms with E-state index in [9.17, 15) is 0 Å². The molecule has 4 heteroatoms. The molecule has 0 saturated carbocycles. The molecule has 0 atom stereocenters. The third-order valence-corrected chi connectivity index (χ3v) is 2.47. The van der Waals surface area contributed by atoms with Crippen molar-refractivity contribution in [2.75, 3.05) is 0 Å². The predicted molar refractivity (Wildman–Crippen MR) is 62.9 cm³/mol. The number of nitrogens with zero attached hydrogens (tertiary/aromatic N) is 4. The van der Waals surface area contributed by atoms with Gasteiger partial charge in [0.2, 0.25) is 0 Å². The Hall–Kier alpha value is -1.37. The number of rotatable bonds is 3. The van der Waals surface area contributed by atoms with Crippen molar-refractivity contribution >= 4 is 0 Å². The summed E-state index contributed by atoms with van der Waals surface area (Å²) in [7, 11) is 0. The highest BCUT2D eigenvalue weighted by Crippen LogP contribution is 2.24. The second-order valence-corrected chi connectivity index (χ2v) is 5.55. The van der Waals surface area contributed by atoms with Gasteiger partial charge in [0.15, 0.2) is 5.69 Å². The number of hydrogen-bond donors (Lipinski definition) is 0. The summed E-state index contributed by atoms with van der Waals surface area (Å²) in [5, 5.41) is 17.0. The zero-order chi connectivity index (χ0) is 12.3. The van der Waals surface area contributed by atoms with Crippen LogP contribution in [-0.4, -0.2) is 15.0 Å². The summed E-state index contributed by atoms with van der Waals surface area (Å²) in [5.41, 5.74) is 1.30. The van der Waals surface area contributed by atoms with E-state index in [1.54, 1.807) is 0 Å². The van der Waals surface area contributed by atoms with Gasteiger partial charge in [0.25, 0.3) is 0 Å². The van der Waals surface area contributed by atoms with Crippen molar-refractivity contribution < 1.29 is 0 Å². The average Bonchev–Trinajstić information content (AvgIpc) is 2.56. The van der Waals surface area contributed by atoms with E-state index in [0.29, 0.717) is 11.6 Å². The van der Waals surface area contributed by atoms with Gasteiger partial charge in [-0.25, -0.2) is 4.68 Å². The molecule has 0 aliphatic rings. The maximum Gasteiger partial charge on any atom is 0.186 e. The fraction of sp³-hybridized carbons (Fsp3) is 0.750. The van der Waals surface area contributed by atoms with Gasteiger partial charge in [0.05, 0.1) is 5.69 Å². The van der Waals surface area contributed by atoms with Gasteiger partial charge < -0.3 is 0 Å². The van der Waals surface area contributed by atoms with Crippen LogP contribution in [0.1, 0.15) is 52.4 Å². The molecule has 0 N–H and O–H groups in total. The summed E-state index contributed by atoms with van der Waals surface area (Å²) in [6, 6.07) is 2.12. The highest BCUT2D eigenvalue weighted by molar-refractivity contribution is 5.29. The second kappa shape index (κ2) is 4.65. The quantitative estimate of drug-likeness (QED) is 0.786. The average molecular weight is 220 g/mol. The fourth-order valence-corrected chi connectivity index (χ4v) is 1.67. The summed E-state index contributed by atoms with van der Waals surface area (Å²) in [6.45, 7) is 11.4. The third kappa shape index (κ3) is 2.82. The van der Waals surface area contributed by atoms with Crippen LogP contribution in [0.2, 0.25) is 0 Å². The maximum atomic E-state index is 9.01. The maximum absolute atomic E-state index is 9.01. The predicted octanol–water partition coefficient (Wildman–Crippen LogP) is 2.49. The molecule has 0 bridgehead atoms. The van der Waals surface area contributed by atoms with Crippen molar-refractivity contribution in [3.05, 3.63) is 11.4 Å². The van der Waals surface area contributed by atoms with Crippen molar-refractivity contribution in [1.82, 2.24) is 15.0 Å². The van der Waals surface area contributed by atoms with Crippen molar-refractivity contribution in [2.24, 2.45) is 5.92 Å². The molecule has 1 heterocycles. The van der Waals surface area contributed by atoms with Crippen LogP contribution >= 0.6 is 0 Å². The van der Waals surface area contributed by atoms with Crippen LogP contribution in [0.3, 0.4) is 0 Å². The van der Waals surface area contributed by atoms with E-state index in [4.69, 9.17) is 5.26 Å². The van der Waals surface area contributed by atoms with Crippen LogP contribution in [0.15, 0.2) is 0 Å². The smallest absolute Gasteiger partial charge is 0.186 e. The topological polar surface area (TPSA) is 54.5 Å². The first-order valence-corrected chi connectivity index (χ1v) is 5.70. The summed E-state index contributed by atoms with van der Waals surface area (Å²) in [5.74, 6) is 0.627. The molecule has 0 radical (unpaired) electrons. The molecule has 4 nitrogen and oxygen atoms in total. The number of hydrogen-bond acceptors (Lipinski definition) is 3. The zero-order valence-electron chi connectivity index (χ0n) is 10.8. The molecule has 1 rings (SSSR count). The van der Waals surface area contributed by atoms with Crippen LogP contribution in [0.25, 0.3) is 0 Å². The van der Waals surface area contributed by atoms with Crippen LogP contribution in [0.4, 0.5) is 0 Å². The van der Waals surface area contributed by atoms with E-state index in [0.717, 1.165) is 18.7 Å². The minimum Gasteiger partial charge on any atom is -0.247 e. The van der Waals surface area contributed by atoms with Gasteiger partial charge in [-0.1, -0.05) is 39.8 Å². The SMILES string of the molecule is CC(C)CCn1nnc(C#N)c1C(C)(C)C. The van der Waals surface area contributed by atoms with Gasteiger partial charge in [0, 0.05) is 12.0 Å². The Labute approximate surface area is 97.3 Å². The monoisotopic (exact) mass is 220 g/mol. The molecule has 0 spiro atoms. The standard InChI is InChI=1S/C12H20N4/c1-9(2)6-7-16-11(12(3,4)5)10(8-13)14-15-16/h9H,6-7H2,1-5H3. The lowest BCUT2D eigenvalue weighted by Crippen LogP contribution is -2.20. The molecule has 1 aromatic heterocycles. The van der Waals surface area contributed by atoms with Gasteiger partial charge in [0.1, 0.15) is 6.07 Å². The molecule has 16 heavy (non-hydrogen) atoms. The van der Waals surface area contributed by atoms with E-state index >= 15 is 0 Å². The largest absolute Gasteiger partial charge is 0.247 e. The number of aromatic nitrogens is 3. The summed E-state index contributed by atoms with van der Waals surface area (Å²) in [6.07, 6.45) is 1.05. The lowest BCUT2D eigenvalue weighted by atomic mass is 9.90. The van der Waals surface area contributed by atoms with E-state index < -0.39 is 0 Å². The summed E-state index contributed by atoms with van der Waals surface area (Å²) < 4.78 is 1.87. The number of nitriles is 1. The molecule has 0 unspecified atom stereocenters. The van der Waals surface area contributed by atoms with Crippen molar-refractivity contribution in [2.45, 2.75) is 53.0 Å². The van der Waals surface area contributed by atoms with Crippen LogP contribution < -0.4 is 0 Å². The van der Waals surface area contributed by atoms with E-state index in [-0.39, 0.29) is 5.41 Å². The van der Waals surface area contributed by atoms with Gasteiger partial charge in [-0.15, -0.1) is 5.10 Å². The van der Waals surface area contributed by atoms with Crippen LogP contribution in [-0.2, 0) is 12.0 Å². The third-order valence-electron chi connectivity index (χ3n) is 2.47. The Balaban J connectivity index is 3.02. The molecule has 0 fully saturated rings. The fourth-order valence-electron chi connectivity index (χ4n) is 1.67. The Morgan fingerprint density at radius 3 is 2.44 bits per heavy atom. The van der Waals surface area contributed by atoms with Gasteiger partial charge in [-0.2, -0.15) is 5.26 Å². The lowest BCUT2D eigenvalue weighted by Gasteiger charge is -2.20. The van der Waals surface area contributed by atoms with Crippen LogP contribution in [0.5, 0.6) is 0 Å². The normalized spacial score (nSPS) is 11.8. The molecular weight excluding hydrogens is 200 g/mol. The molecule has 0 aromatic carbocycles. The Kier molecular flexibility index (Phi) is 3.69. The second-order valence-electron chi connectivity index (χ2n) is 5.55. The minimum atomic E-state index is -0.0917. The first-order valence-electron chi connectivity index (χ1n) is 5.70. The van der Waals surface area contributed by atoms with Crippen molar-refractivity contribution in [3.8, 4) is 6.07 Å². The van der Waals surface area contributed by atoms with E-state index in [1.807, 2.05) is 4.68 Å². The highest BCUT2D eigenvalue weighted by Gasteiger charge is 2.25. The molecule has 0 aliphatic carbocycles. The van der Waals surface area contributed by atoms with E-state index in [2.05, 4.69) is 51.0 Å². The first kappa shape index (κ1) is 12.7. The Bertz CT molecular complexity index is 390. The number of aryl methyl sites for hydroxylation is 1. The Morgan fingerprint density at radius 1 is 1.38 bits per heavy atom. The summed E-state index contributed by atoms with van der Waals surface area (Å²) in [4.78, 5) is 0. The van der Waals surface area contributed by atoms with Gasteiger partial charge >= 0.3 is 0 Å². The highest BCUT2D eigenvalue weighted by atomic mass is 15.4. The molecule has 88 valence electrons. The molecular formula is C12H20N4. The minimum absolute atomic E-state index is 0.0917. The zero-order valence-corrected chi connectivity index (χ0v) is 10.8. The van der Waals surface area contributed by atoms with Crippen molar-refractivity contribution in [3.63, 3.8) is 0 Å². The first-order chi connectivity index (χ1) is 7.36.